The molecule has 8 nitrogen and oxygen atoms in total. The van der Waals surface area contributed by atoms with Crippen LogP contribution < -0.4 is 4.74 Å². The highest BCUT2D eigenvalue weighted by molar-refractivity contribution is 5.70. The summed E-state index contributed by atoms with van der Waals surface area (Å²) in [6.45, 7) is 9.91. The third-order valence-electron chi connectivity index (χ3n) is 7.27. The van der Waals surface area contributed by atoms with Crippen molar-refractivity contribution < 1.29 is 23.8 Å². The number of amides is 2. The summed E-state index contributed by atoms with van der Waals surface area (Å²) in [5.74, 6) is 0.791. The molecule has 2 aromatic rings. The summed E-state index contributed by atoms with van der Waals surface area (Å²) >= 11 is 0. The van der Waals surface area contributed by atoms with Crippen LogP contribution in [0.1, 0.15) is 63.4 Å². The van der Waals surface area contributed by atoms with Gasteiger partial charge in [0.15, 0.2) is 0 Å². The molecule has 2 amide bonds. The van der Waals surface area contributed by atoms with E-state index in [9.17, 15) is 9.59 Å². The lowest BCUT2D eigenvalue weighted by Crippen LogP contribution is -2.65. The number of benzene rings is 1. The number of hydrogen-bond donors (Lipinski definition) is 0. The summed E-state index contributed by atoms with van der Waals surface area (Å²) in [5.41, 5.74) is 2.51. The first-order chi connectivity index (χ1) is 17.1. The summed E-state index contributed by atoms with van der Waals surface area (Å²) in [4.78, 5) is 33.3. The molecule has 5 rings (SSSR count). The van der Waals surface area contributed by atoms with Crippen LogP contribution in [0.3, 0.4) is 0 Å². The predicted octanol–water partition coefficient (Wildman–Crippen LogP) is 5.12. The van der Waals surface area contributed by atoms with E-state index in [0.717, 1.165) is 35.4 Å². The van der Waals surface area contributed by atoms with Gasteiger partial charge in [0.1, 0.15) is 24.1 Å². The molecule has 0 bridgehead atoms. The second-order valence-corrected chi connectivity index (χ2v) is 11.3. The van der Waals surface area contributed by atoms with Crippen molar-refractivity contribution in [1.29, 1.82) is 0 Å². The molecule has 1 spiro atoms. The quantitative estimate of drug-likeness (QED) is 0.588. The molecule has 192 valence electrons. The van der Waals surface area contributed by atoms with Crippen molar-refractivity contribution in [2.45, 2.75) is 71.3 Å². The summed E-state index contributed by atoms with van der Waals surface area (Å²) in [5, 5.41) is 0. The normalized spacial score (nSPS) is 20.7. The number of pyridine rings is 1. The molecule has 1 saturated carbocycles. The van der Waals surface area contributed by atoms with Gasteiger partial charge in [-0.1, -0.05) is 30.3 Å². The largest absolute Gasteiger partial charge is 0.490 e. The first-order valence-corrected chi connectivity index (χ1v) is 12.7. The van der Waals surface area contributed by atoms with Crippen LogP contribution in [0.2, 0.25) is 0 Å². The molecule has 8 heteroatoms. The van der Waals surface area contributed by atoms with Gasteiger partial charge >= 0.3 is 12.2 Å². The van der Waals surface area contributed by atoms with Crippen molar-refractivity contribution in [2.75, 3.05) is 19.6 Å². The van der Waals surface area contributed by atoms with E-state index in [2.05, 4.69) is 4.98 Å². The zero-order chi connectivity index (χ0) is 25.5. The number of hydrogen-bond acceptors (Lipinski definition) is 6. The molecule has 1 aromatic heterocycles. The maximum atomic E-state index is 12.8. The number of ether oxygens (including phenoxy) is 3. The van der Waals surface area contributed by atoms with Crippen molar-refractivity contribution in [3.8, 4) is 5.75 Å². The number of fused-ring (bicyclic) bond motifs is 1. The molecule has 1 aromatic carbocycles. The fourth-order valence-corrected chi connectivity index (χ4v) is 5.52. The standard InChI is InChI=1S/C28H35N3O5/c1-19-24-22(11-13-31(19)26(33)36-27(2,3)4)29-12-10-23(24)35-21-14-28(15-21)17-30(18-28)25(32)34-16-20-8-6-5-7-9-20/h5-10,12,19,21H,11,13-18H2,1-4H3. The zero-order valence-electron chi connectivity index (χ0n) is 21.5. The van der Waals surface area contributed by atoms with Crippen molar-refractivity contribution in [1.82, 2.24) is 14.8 Å². The summed E-state index contributed by atoms with van der Waals surface area (Å²) in [7, 11) is 0. The molecule has 36 heavy (non-hydrogen) atoms. The fourth-order valence-electron chi connectivity index (χ4n) is 5.52. The van der Waals surface area contributed by atoms with Crippen molar-refractivity contribution in [3.63, 3.8) is 0 Å². The monoisotopic (exact) mass is 493 g/mol. The Morgan fingerprint density at radius 1 is 1.08 bits per heavy atom. The molecule has 1 unspecified atom stereocenters. The van der Waals surface area contributed by atoms with Gasteiger partial charge in [0.2, 0.25) is 0 Å². The Balaban J connectivity index is 1.14. The van der Waals surface area contributed by atoms with Crippen LogP contribution in [-0.2, 0) is 22.5 Å². The summed E-state index contributed by atoms with van der Waals surface area (Å²) < 4.78 is 17.5. The fraction of sp³-hybridized carbons (Fsp3) is 0.536. The van der Waals surface area contributed by atoms with E-state index in [0.29, 0.717) is 32.7 Å². The van der Waals surface area contributed by atoms with Crippen LogP contribution in [0.4, 0.5) is 9.59 Å². The first-order valence-electron chi connectivity index (χ1n) is 12.7. The van der Waals surface area contributed by atoms with Gasteiger partial charge in [-0.15, -0.1) is 0 Å². The number of likely N-dealkylation sites (tertiary alicyclic amines) is 1. The minimum atomic E-state index is -0.545. The Bertz CT molecular complexity index is 1120. The van der Waals surface area contributed by atoms with Crippen LogP contribution in [0.25, 0.3) is 0 Å². The molecule has 3 aliphatic rings. The van der Waals surface area contributed by atoms with Gasteiger partial charge in [0, 0.05) is 43.2 Å². The van der Waals surface area contributed by atoms with E-state index in [1.807, 2.05) is 64.1 Å². The number of aromatic nitrogens is 1. The van der Waals surface area contributed by atoms with Gasteiger partial charge in [-0.2, -0.15) is 0 Å². The third kappa shape index (κ3) is 4.99. The molecule has 2 fully saturated rings. The smallest absolute Gasteiger partial charge is 0.410 e. The third-order valence-corrected chi connectivity index (χ3v) is 7.27. The number of carbonyl (C=O) groups excluding carboxylic acids is 2. The molecule has 0 N–H and O–H groups in total. The topological polar surface area (TPSA) is 81.2 Å². The van der Waals surface area contributed by atoms with Crippen LogP contribution >= 0.6 is 0 Å². The molecule has 0 radical (unpaired) electrons. The first kappa shape index (κ1) is 24.4. The molecule has 1 atom stereocenters. The molecular formula is C28H35N3O5. The van der Waals surface area contributed by atoms with E-state index in [1.165, 1.54) is 0 Å². The van der Waals surface area contributed by atoms with Gasteiger partial charge in [-0.05, 0) is 52.2 Å². The van der Waals surface area contributed by atoms with Gasteiger partial charge in [-0.25, -0.2) is 9.59 Å². The molecule has 1 saturated heterocycles. The summed E-state index contributed by atoms with van der Waals surface area (Å²) in [6.07, 6.45) is 3.77. The number of nitrogens with zero attached hydrogens (tertiary/aromatic N) is 3. The second-order valence-electron chi connectivity index (χ2n) is 11.3. The van der Waals surface area contributed by atoms with E-state index >= 15 is 0 Å². The van der Waals surface area contributed by atoms with E-state index < -0.39 is 5.60 Å². The van der Waals surface area contributed by atoms with E-state index in [4.69, 9.17) is 14.2 Å². The maximum absolute atomic E-state index is 12.8. The Kier molecular flexibility index (Phi) is 6.30. The van der Waals surface area contributed by atoms with Crippen LogP contribution in [0.15, 0.2) is 42.6 Å². The van der Waals surface area contributed by atoms with Gasteiger partial charge in [-0.3, -0.25) is 4.98 Å². The number of carbonyl (C=O) groups is 2. The highest BCUT2D eigenvalue weighted by atomic mass is 16.6. The Morgan fingerprint density at radius 3 is 2.50 bits per heavy atom. The Hall–Kier alpha value is -3.29. The lowest BCUT2D eigenvalue weighted by molar-refractivity contribution is -0.111. The second kappa shape index (κ2) is 9.30. The SMILES string of the molecule is CC1c2c(OC3CC4(C3)CN(C(=O)OCc3ccccc3)C4)ccnc2CCN1C(=O)OC(C)(C)C. The molecule has 3 heterocycles. The van der Waals surface area contributed by atoms with Crippen LogP contribution in [0, 0.1) is 5.41 Å². The van der Waals surface area contributed by atoms with Crippen molar-refractivity contribution >= 4 is 12.2 Å². The minimum Gasteiger partial charge on any atom is -0.490 e. The Morgan fingerprint density at radius 2 is 1.81 bits per heavy atom. The summed E-state index contributed by atoms with van der Waals surface area (Å²) in [6, 6.07) is 11.4. The highest BCUT2D eigenvalue weighted by Crippen LogP contribution is 2.50. The minimum absolute atomic E-state index is 0.0862. The molecular weight excluding hydrogens is 458 g/mol. The zero-order valence-corrected chi connectivity index (χ0v) is 21.5. The van der Waals surface area contributed by atoms with Gasteiger partial charge in [0.05, 0.1) is 11.7 Å². The van der Waals surface area contributed by atoms with E-state index in [-0.39, 0.29) is 29.7 Å². The van der Waals surface area contributed by atoms with Crippen LogP contribution in [0.5, 0.6) is 5.75 Å². The molecule has 1 aliphatic carbocycles. The lowest BCUT2D eigenvalue weighted by atomic mass is 9.62. The Labute approximate surface area is 212 Å². The van der Waals surface area contributed by atoms with Crippen LogP contribution in [-0.4, -0.2) is 58.3 Å². The average Bonchev–Trinajstić information content (AvgIpc) is 2.77. The number of rotatable bonds is 4. The highest BCUT2D eigenvalue weighted by Gasteiger charge is 2.55. The maximum Gasteiger partial charge on any atom is 0.410 e. The van der Waals surface area contributed by atoms with E-state index in [1.54, 1.807) is 16.0 Å². The van der Waals surface area contributed by atoms with Crippen molar-refractivity contribution in [2.24, 2.45) is 5.41 Å². The predicted molar refractivity (Wildman–Crippen MR) is 134 cm³/mol. The molecule has 2 aliphatic heterocycles. The average molecular weight is 494 g/mol. The lowest BCUT2D eigenvalue weighted by Gasteiger charge is -2.57. The van der Waals surface area contributed by atoms with Crippen molar-refractivity contribution in [3.05, 3.63) is 59.4 Å². The van der Waals surface area contributed by atoms with Gasteiger partial charge < -0.3 is 24.0 Å². The van der Waals surface area contributed by atoms with Gasteiger partial charge in [0.25, 0.3) is 0 Å².